The number of fused-ring (bicyclic) bond motifs is 6. The SMILES string of the molecule is C=C(C)C(=O)OC(CC)COc1c2c(c(OCC(CC)OC(=O)C(=C)C)c3c(C)cccc13)C1CC(C)C2C1. The van der Waals surface area contributed by atoms with Crippen LogP contribution in [0.4, 0.5) is 0 Å². The maximum atomic E-state index is 12.2. The van der Waals surface area contributed by atoms with Gasteiger partial charge in [0.1, 0.15) is 36.9 Å². The van der Waals surface area contributed by atoms with Crippen molar-refractivity contribution in [3.05, 3.63) is 59.2 Å². The molecule has 0 aromatic heterocycles. The molecule has 210 valence electrons. The van der Waals surface area contributed by atoms with Crippen molar-refractivity contribution in [1.29, 1.82) is 0 Å². The second kappa shape index (κ2) is 11.8. The molecule has 2 aliphatic carbocycles. The summed E-state index contributed by atoms with van der Waals surface area (Å²) in [5.41, 5.74) is 4.30. The van der Waals surface area contributed by atoms with Crippen LogP contribution in [0, 0.1) is 12.8 Å². The number of esters is 2. The van der Waals surface area contributed by atoms with Gasteiger partial charge in [-0.15, -0.1) is 0 Å². The predicted octanol–water partition coefficient (Wildman–Crippen LogP) is 7.31. The van der Waals surface area contributed by atoms with E-state index in [1.54, 1.807) is 13.8 Å². The number of aryl methyl sites for hydroxylation is 1. The van der Waals surface area contributed by atoms with E-state index in [-0.39, 0.29) is 25.4 Å². The lowest BCUT2D eigenvalue weighted by Gasteiger charge is -2.29. The summed E-state index contributed by atoms with van der Waals surface area (Å²) in [5.74, 6) is 2.28. The van der Waals surface area contributed by atoms with Crippen LogP contribution in [0.25, 0.3) is 10.8 Å². The summed E-state index contributed by atoms with van der Waals surface area (Å²) in [6.45, 7) is 19.6. The average molecular weight is 535 g/mol. The number of carbonyl (C=O) groups is 2. The molecule has 1 fully saturated rings. The molecule has 6 nitrogen and oxygen atoms in total. The Balaban J connectivity index is 1.75. The van der Waals surface area contributed by atoms with E-state index in [1.807, 2.05) is 19.9 Å². The van der Waals surface area contributed by atoms with Crippen molar-refractivity contribution in [3.8, 4) is 11.5 Å². The van der Waals surface area contributed by atoms with E-state index in [0.717, 1.165) is 40.7 Å². The minimum Gasteiger partial charge on any atom is -0.489 e. The zero-order valence-electron chi connectivity index (χ0n) is 24.2. The van der Waals surface area contributed by atoms with Crippen molar-refractivity contribution in [3.63, 3.8) is 0 Å². The third-order valence-electron chi connectivity index (χ3n) is 8.17. The molecule has 5 unspecified atom stereocenters. The fourth-order valence-electron chi connectivity index (χ4n) is 5.97. The fourth-order valence-corrected chi connectivity index (χ4v) is 5.97. The van der Waals surface area contributed by atoms with Crippen molar-refractivity contribution < 1.29 is 28.5 Å². The Labute approximate surface area is 232 Å². The number of carbonyl (C=O) groups excluding carboxylic acids is 2. The van der Waals surface area contributed by atoms with Gasteiger partial charge in [0.15, 0.2) is 0 Å². The highest BCUT2D eigenvalue weighted by Crippen LogP contribution is 2.63. The smallest absolute Gasteiger partial charge is 0.333 e. The molecule has 2 aliphatic rings. The fraction of sp³-hybridized carbons (Fsp3) is 0.515. The largest absolute Gasteiger partial charge is 0.489 e. The molecule has 2 aromatic rings. The first-order valence-corrected chi connectivity index (χ1v) is 14.1. The first-order chi connectivity index (χ1) is 18.6. The predicted molar refractivity (Wildman–Crippen MR) is 154 cm³/mol. The van der Waals surface area contributed by atoms with Gasteiger partial charge in [-0.05, 0) is 69.8 Å². The van der Waals surface area contributed by atoms with Crippen LogP contribution < -0.4 is 9.47 Å². The van der Waals surface area contributed by atoms with Gasteiger partial charge in [0, 0.05) is 33.0 Å². The van der Waals surface area contributed by atoms with Crippen molar-refractivity contribution >= 4 is 22.7 Å². The first-order valence-electron chi connectivity index (χ1n) is 14.1. The van der Waals surface area contributed by atoms with Crippen molar-refractivity contribution in [1.82, 2.24) is 0 Å². The van der Waals surface area contributed by atoms with Gasteiger partial charge in [-0.1, -0.05) is 52.1 Å². The van der Waals surface area contributed by atoms with Crippen molar-refractivity contribution in [2.45, 2.75) is 91.3 Å². The summed E-state index contributed by atoms with van der Waals surface area (Å²) in [6, 6.07) is 6.21. The average Bonchev–Trinajstić information content (AvgIpc) is 3.46. The van der Waals surface area contributed by atoms with Gasteiger partial charge in [-0.25, -0.2) is 9.59 Å². The molecule has 0 aliphatic heterocycles. The zero-order valence-corrected chi connectivity index (χ0v) is 24.2. The Kier molecular flexibility index (Phi) is 8.73. The second-order valence-electron chi connectivity index (χ2n) is 11.3. The maximum absolute atomic E-state index is 12.2. The highest BCUT2D eigenvalue weighted by atomic mass is 16.6. The van der Waals surface area contributed by atoms with E-state index in [9.17, 15) is 9.59 Å². The molecule has 2 aromatic carbocycles. The van der Waals surface area contributed by atoms with Gasteiger partial charge in [0.05, 0.1) is 0 Å². The van der Waals surface area contributed by atoms with E-state index >= 15 is 0 Å². The number of hydrogen-bond acceptors (Lipinski definition) is 6. The summed E-state index contributed by atoms with van der Waals surface area (Å²) in [5, 5.41) is 2.02. The van der Waals surface area contributed by atoms with E-state index in [2.05, 4.69) is 39.1 Å². The number of benzene rings is 2. The quantitative estimate of drug-likeness (QED) is 0.210. The van der Waals surface area contributed by atoms with Gasteiger partial charge in [0.2, 0.25) is 0 Å². The molecule has 0 N–H and O–H groups in total. The van der Waals surface area contributed by atoms with Crippen LogP contribution in [-0.4, -0.2) is 37.4 Å². The van der Waals surface area contributed by atoms with E-state index in [0.29, 0.717) is 41.7 Å². The molecule has 2 bridgehead atoms. The van der Waals surface area contributed by atoms with Crippen LogP contribution in [0.1, 0.15) is 88.8 Å². The summed E-state index contributed by atoms with van der Waals surface area (Å²) in [6.07, 6.45) is 2.73. The Hall–Kier alpha value is -3.28. The van der Waals surface area contributed by atoms with Crippen LogP contribution in [0.5, 0.6) is 11.5 Å². The third-order valence-corrected chi connectivity index (χ3v) is 8.17. The van der Waals surface area contributed by atoms with Crippen LogP contribution >= 0.6 is 0 Å². The monoisotopic (exact) mass is 534 g/mol. The Morgan fingerprint density at radius 2 is 1.46 bits per heavy atom. The summed E-state index contributed by atoms with van der Waals surface area (Å²) in [4.78, 5) is 24.4. The van der Waals surface area contributed by atoms with E-state index < -0.39 is 11.9 Å². The lowest BCUT2D eigenvalue weighted by Crippen LogP contribution is -2.26. The molecule has 0 spiro atoms. The Morgan fingerprint density at radius 1 is 0.897 bits per heavy atom. The topological polar surface area (TPSA) is 71.1 Å². The Bertz CT molecular complexity index is 1290. The second-order valence-corrected chi connectivity index (χ2v) is 11.3. The van der Waals surface area contributed by atoms with E-state index in [1.165, 1.54) is 11.1 Å². The first kappa shape index (κ1) is 28.7. The molecule has 1 saturated carbocycles. The van der Waals surface area contributed by atoms with Crippen LogP contribution in [-0.2, 0) is 19.1 Å². The summed E-state index contributed by atoms with van der Waals surface area (Å²) in [7, 11) is 0. The highest BCUT2D eigenvalue weighted by molar-refractivity contribution is 5.99. The molecular formula is C33H42O6. The maximum Gasteiger partial charge on any atom is 0.333 e. The van der Waals surface area contributed by atoms with Crippen LogP contribution in [0.3, 0.4) is 0 Å². The standard InChI is InChI=1S/C33H42O6/c1-9-23(38-32(34)18(3)4)16-36-30-25-13-11-12-20(7)27(25)31(28-22-14-21(8)26(15-22)29(28)30)37-17-24(10-2)39-33(35)19(5)6/h11-13,21-24,26H,3,5,9-10,14-17H2,1-2,4,6-8H3. The molecule has 0 amide bonds. The molecule has 5 atom stereocenters. The van der Waals surface area contributed by atoms with Gasteiger partial charge in [-0.3, -0.25) is 0 Å². The number of ether oxygens (including phenoxy) is 4. The molecule has 6 heteroatoms. The Morgan fingerprint density at radius 3 is 2.00 bits per heavy atom. The van der Waals surface area contributed by atoms with Crippen molar-refractivity contribution in [2.75, 3.05) is 13.2 Å². The molecule has 0 radical (unpaired) electrons. The van der Waals surface area contributed by atoms with Gasteiger partial charge in [-0.2, -0.15) is 0 Å². The summed E-state index contributed by atoms with van der Waals surface area (Å²) >= 11 is 0. The minimum atomic E-state index is -0.398. The van der Waals surface area contributed by atoms with Gasteiger partial charge in [0.25, 0.3) is 0 Å². The van der Waals surface area contributed by atoms with Gasteiger partial charge >= 0.3 is 11.9 Å². The zero-order chi connectivity index (χ0) is 28.4. The lowest BCUT2D eigenvalue weighted by atomic mass is 9.81. The molecular weight excluding hydrogens is 492 g/mol. The highest BCUT2D eigenvalue weighted by Gasteiger charge is 2.46. The lowest BCUT2D eigenvalue weighted by molar-refractivity contribution is -0.146. The molecule has 4 rings (SSSR count). The normalized spacial score (nSPS) is 20.7. The van der Waals surface area contributed by atoms with Gasteiger partial charge < -0.3 is 18.9 Å². The molecule has 39 heavy (non-hydrogen) atoms. The minimum absolute atomic E-state index is 0.270. The number of rotatable bonds is 12. The van der Waals surface area contributed by atoms with Crippen molar-refractivity contribution in [2.24, 2.45) is 5.92 Å². The summed E-state index contributed by atoms with van der Waals surface area (Å²) < 4.78 is 24.5. The van der Waals surface area contributed by atoms with E-state index in [4.69, 9.17) is 18.9 Å². The molecule has 0 heterocycles. The number of hydrogen-bond donors (Lipinski definition) is 0. The third kappa shape index (κ3) is 5.70. The van der Waals surface area contributed by atoms with Crippen LogP contribution in [0.15, 0.2) is 42.5 Å². The van der Waals surface area contributed by atoms with Crippen LogP contribution in [0.2, 0.25) is 0 Å². The molecule has 0 saturated heterocycles.